The number of thioether (sulfide) groups is 1. The molecule has 7 heteroatoms. The molecule has 0 bridgehead atoms. The largest absolute Gasteiger partial charge is 0.369 e. The fourth-order valence-electron chi connectivity index (χ4n) is 3.42. The number of carbonyl (C=O) groups excluding carboxylic acids is 1. The van der Waals surface area contributed by atoms with Crippen LogP contribution in [0.25, 0.3) is 0 Å². The van der Waals surface area contributed by atoms with E-state index in [4.69, 9.17) is 4.74 Å². The number of anilines is 1. The summed E-state index contributed by atoms with van der Waals surface area (Å²) < 4.78 is 7.95. The Kier molecular flexibility index (Phi) is 4.28. The molecular formula is C17H20N4O2S. The first kappa shape index (κ1) is 15.7. The van der Waals surface area contributed by atoms with E-state index >= 15 is 0 Å². The number of fused-ring (bicyclic) bond motifs is 1. The van der Waals surface area contributed by atoms with Crippen LogP contribution in [0.3, 0.4) is 0 Å². The zero-order valence-corrected chi connectivity index (χ0v) is 14.4. The molecule has 0 radical (unpaired) electrons. The fraction of sp³-hybridized carbons (Fsp3) is 0.471. The molecule has 2 aromatic heterocycles. The van der Waals surface area contributed by atoms with Crippen LogP contribution >= 0.6 is 11.8 Å². The lowest BCUT2D eigenvalue weighted by Gasteiger charge is -2.31. The summed E-state index contributed by atoms with van der Waals surface area (Å²) in [6.45, 7) is 4.21. The van der Waals surface area contributed by atoms with Gasteiger partial charge < -0.3 is 14.2 Å². The molecule has 0 aliphatic carbocycles. The summed E-state index contributed by atoms with van der Waals surface area (Å²) in [4.78, 5) is 24.0. The van der Waals surface area contributed by atoms with Crippen molar-refractivity contribution in [3.05, 3.63) is 36.5 Å². The maximum Gasteiger partial charge on any atom is 0.233 e. The van der Waals surface area contributed by atoms with Gasteiger partial charge in [0.25, 0.3) is 0 Å². The number of hydrogen-bond acceptors (Lipinski definition) is 5. The monoisotopic (exact) mass is 344 g/mol. The minimum Gasteiger partial charge on any atom is -0.369 e. The summed E-state index contributed by atoms with van der Waals surface area (Å²) in [6, 6.07) is 3.86. The number of aromatic nitrogens is 3. The molecule has 2 atom stereocenters. The maximum absolute atomic E-state index is 13.2. The molecule has 0 N–H and O–H groups in total. The van der Waals surface area contributed by atoms with Gasteiger partial charge in [-0.25, -0.2) is 9.97 Å². The van der Waals surface area contributed by atoms with Crippen LogP contribution in [0.15, 0.2) is 35.7 Å². The molecule has 6 nitrogen and oxygen atoms in total. The van der Waals surface area contributed by atoms with E-state index in [1.54, 1.807) is 24.2 Å². The molecule has 1 amide bonds. The summed E-state index contributed by atoms with van der Waals surface area (Å²) >= 11 is 1.70. The number of ether oxygens (including phenoxy) is 1. The number of hydrogen-bond donors (Lipinski definition) is 0. The van der Waals surface area contributed by atoms with Crippen molar-refractivity contribution >= 4 is 23.4 Å². The SMILES string of the molecule is CCn1ccnc1[C@@H]1OCC[C@H]1C(=O)N1CCSc2ncccc21. The van der Waals surface area contributed by atoms with Crippen molar-refractivity contribution in [2.75, 3.05) is 23.8 Å². The van der Waals surface area contributed by atoms with E-state index in [0.717, 1.165) is 35.3 Å². The van der Waals surface area contributed by atoms with E-state index in [1.165, 1.54) is 0 Å². The lowest BCUT2D eigenvalue weighted by atomic mass is 9.98. The highest BCUT2D eigenvalue weighted by Gasteiger charge is 2.41. The van der Waals surface area contributed by atoms with Crippen LogP contribution in [0.2, 0.25) is 0 Å². The van der Waals surface area contributed by atoms with Gasteiger partial charge >= 0.3 is 0 Å². The number of imidazole rings is 1. The zero-order valence-electron chi connectivity index (χ0n) is 13.6. The van der Waals surface area contributed by atoms with Crippen LogP contribution in [0.5, 0.6) is 0 Å². The second kappa shape index (κ2) is 6.57. The van der Waals surface area contributed by atoms with Gasteiger partial charge in [-0.3, -0.25) is 4.79 Å². The van der Waals surface area contributed by atoms with Gasteiger partial charge in [0.05, 0.1) is 11.6 Å². The molecule has 4 rings (SSSR count). The van der Waals surface area contributed by atoms with Gasteiger partial charge in [-0.1, -0.05) is 0 Å². The number of carbonyl (C=O) groups is 1. The average Bonchev–Trinajstić information content (AvgIpc) is 3.28. The van der Waals surface area contributed by atoms with Crippen LogP contribution in [0.4, 0.5) is 5.69 Å². The Morgan fingerprint density at radius 3 is 3.21 bits per heavy atom. The Bertz CT molecular complexity index is 748. The number of amides is 1. The third kappa shape index (κ3) is 2.61. The molecule has 0 aromatic carbocycles. The van der Waals surface area contributed by atoms with Crippen LogP contribution in [-0.2, 0) is 16.1 Å². The normalized spacial score (nSPS) is 23.3. The van der Waals surface area contributed by atoms with Crippen molar-refractivity contribution in [2.24, 2.45) is 5.92 Å². The van der Waals surface area contributed by atoms with Crippen molar-refractivity contribution in [3.8, 4) is 0 Å². The second-order valence-electron chi connectivity index (χ2n) is 5.92. The molecular weight excluding hydrogens is 324 g/mol. The maximum atomic E-state index is 13.2. The van der Waals surface area contributed by atoms with E-state index in [1.807, 2.05) is 23.2 Å². The van der Waals surface area contributed by atoms with Crippen LogP contribution < -0.4 is 4.90 Å². The van der Waals surface area contributed by atoms with E-state index in [-0.39, 0.29) is 17.9 Å². The predicted molar refractivity (Wildman–Crippen MR) is 92.0 cm³/mol. The lowest BCUT2D eigenvalue weighted by molar-refractivity contribution is -0.124. The van der Waals surface area contributed by atoms with Crippen molar-refractivity contribution in [2.45, 2.75) is 31.0 Å². The first-order valence-electron chi connectivity index (χ1n) is 8.31. The van der Waals surface area contributed by atoms with Gasteiger partial charge in [0.1, 0.15) is 17.0 Å². The Balaban J connectivity index is 1.63. The molecule has 2 aromatic rings. The molecule has 24 heavy (non-hydrogen) atoms. The van der Waals surface area contributed by atoms with E-state index < -0.39 is 0 Å². The second-order valence-corrected chi connectivity index (χ2v) is 7.01. The molecule has 2 aliphatic rings. The lowest BCUT2D eigenvalue weighted by Crippen LogP contribution is -2.41. The highest BCUT2D eigenvalue weighted by molar-refractivity contribution is 7.99. The summed E-state index contributed by atoms with van der Waals surface area (Å²) in [5.74, 6) is 1.66. The third-order valence-corrected chi connectivity index (χ3v) is 5.59. The molecule has 4 heterocycles. The number of rotatable bonds is 3. The van der Waals surface area contributed by atoms with Gasteiger partial charge in [0.2, 0.25) is 5.91 Å². The molecule has 1 saturated heterocycles. The van der Waals surface area contributed by atoms with Gasteiger partial charge in [-0.15, -0.1) is 11.8 Å². The molecule has 126 valence electrons. The van der Waals surface area contributed by atoms with E-state index in [2.05, 4.69) is 21.5 Å². The third-order valence-electron chi connectivity index (χ3n) is 4.61. The van der Waals surface area contributed by atoms with Gasteiger partial charge in [-0.05, 0) is 25.5 Å². The summed E-state index contributed by atoms with van der Waals surface area (Å²) in [5, 5.41) is 0.933. The highest BCUT2D eigenvalue weighted by Crippen LogP contribution is 2.39. The van der Waals surface area contributed by atoms with E-state index in [9.17, 15) is 4.79 Å². The van der Waals surface area contributed by atoms with Gasteiger partial charge in [-0.2, -0.15) is 0 Å². The predicted octanol–water partition coefficient (Wildman–Crippen LogP) is 2.51. The molecule has 0 unspecified atom stereocenters. The Morgan fingerprint density at radius 1 is 1.42 bits per heavy atom. The number of pyridine rings is 1. The van der Waals surface area contributed by atoms with Gasteiger partial charge in [0.15, 0.2) is 0 Å². The van der Waals surface area contributed by atoms with Crippen LogP contribution in [-0.4, -0.2) is 39.3 Å². The van der Waals surface area contributed by atoms with Crippen LogP contribution in [0.1, 0.15) is 25.3 Å². The van der Waals surface area contributed by atoms with Crippen molar-refractivity contribution in [1.82, 2.24) is 14.5 Å². The Hall–Kier alpha value is -1.86. The molecule has 1 fully saturated rings. The minimum atomic E-state index is -0.262. The van der Waals surface area contributed by atoms with Gasteiger partial charge in [0, 0.05) is 44.0 Å². The summed E-state index contributed by atoms with van der Waals surface area (Å²) in [7, 11) is 0. The highest BCUT2D eigenvalue weighted by atomic mass is 32.2. The Labute approximate surface area is 145 Å². The van der Waals surface area contributed by atoms with E-state index in [0.29, 0.717) is 13.2 Å². The smallest absolute Gasteiger partial charge is 0.233 e. The first-order valence-corrected chi connectivity index (χ1v) is 9.30. The van der Waals surface area contributed by atoms with Crippen molar-refractivity contribution < 1.29 is 9.53 Å². The standard InChI is InChI=1S/C17H20N4O2S/c1-2-20-8-7-18-15(20)14-12(5-10-23-14)17(22)21-9-11-24-16-13(21)4-3-6-19-16/h3-4,6-8,12,14H,2,5,9-11H2,1H3/t12-,14-/m1/s1. The number of nitrogens with zero attached hydrogens (tertiary/aromatic N) is 4. The topological polar surface area (TPSA) is 60.3 Å². The summed E-state index contributed by atoms with van der Waals surface area (Å²) in [5.41, 5.74) is 0.920. The van der Waals surface area contributed by atoms with Crippen molar-refractivity contribution in [3.63, 3.8) is 0 Å². The average molecular weight is 344 g/mol. The fourth-order valence-corrected chi connectivity index (χ4v) is 4.35. The first-order chi connectivity index (χ1) is 11.8. The summed E-state index contributed by atoms with van der Waals surface area (Å²) in [6.07, 6.45) is 5.97. The zero-order chi connectivity index (χ0) is 16.5. The van der Waals surface area contributed by atoms with Crippen LogP contribution in [0, 0.1) is 5.92 Å². The molecule has 0 spiro atoms. The molecule has 0 saturated carbocycles. The Morgan fingerprint density at radius 2 is 2.33 bits per heavy atom. The molecule has 2 aliphatic heterocycles. The number of aryl methyl sites for hydroxylation is 1. The quantitative estimate of drug-likeness (QED) is 0.856. The van der Waals surface area contributed by atoms with Crippen molar-refractivity contribution in [1.29, 1.82) is 0 Å². The minimum absolute atomic E-state index is 0.123.